The van der Waals surface area contributed by atoms with Gasteiger partial charge in [-0.3, -0.25) is 4.79 Å². The van der Waals surface area contributed by atoms with Gasteiger partial charge in [0.1, 0.15) is 0 Å². The van der Waals surface area contributed by atoms with E-state index in [1.807, 2.05) is 0 Å². The third-order valence-corrected chi connectivity index (χ3v) is 0.971. The molecule has 0 amide bonds. The van der Waals surface area contributed by atoms with E-state index in [2.05, 4.69) is 11.2 Å². The summed E-state index contributed by atoms with van der Waals surface area (Å²) in [5.41, 5.74) is 0. The molecule has 3 nitrogen and oxygen atoms in total. The first-order chi connectivity index (χ1) is 4.77. The summed E-state index contributed by atoms with van der Waals surface area (Å²) < 4.78 is 0. The summed E-state index contributed by atoms with van der Waals surface area (Å²) in [6.07, 6.45) is 5.78. The number of hydrogen-bond acceptors (Lipinski definition) is 2. The van der Waals surface area contributed by atoms with E-state index in [-0.39, 0.29) is 6.42 Å². The maximum Gasteiger partial charge on any atom is 0.303 e. The third kappa shape index (κ3) is 6.99. The number of hydrogen-bond donors (Lipinski definition) is 2. The molecule has 0 aromatic rings. The number of carboxylic acid groups (broad SMARTS) is 1. The predicted octanol–water partition coefficient (Wildman–Crippen LogP) is 0.0740. The largest absolute Gasteiger partial charge is 0.481 e. The fourth-order valence-electron chi connectivity index (χ4n) is 0.525. The second kappa shape index (κ2) is 6.12. The summed E-state index contributed by atoms with van der Waals surface area (Å²) >= 11 is 0. The third-order valence-electron chi connectivity index (χ3n) is 0.971. The summed E-state index contributed by atoms with van der Waals surface area (Å²) in [7, 11) is 0. The molecule has 0 fully saturated rings. The Hall–Kier alpha value is -1.01. The van der Waals surface area contributed by atoms with E-state index in [1.54, 1.807) is 0 Å². The van der Waals surface area contributed by atoms with Crippen LogP contribution >= 0.6 is 0 Å². The first-order valence-electron chi connectivity index (χ1n) is 3.13. The molecule has 2 N–H and O–H groups in total. The molecule has 3 heteroatoms. The van der Waals surface area contributed by atoms with Crippen LogP contribution in [0.2, 0.25) is 0 Å². The van der Waals surface area contributed by atoms with Crippen molar-refractivity contribution in [1.29, 1.82) is 0 Å². The van der Waals surface area contributed by atoms with Gasteiger partial charge >= 0.3 is 5.97 Å². The highest BCUT2D eigenvalue weighted by atomic mass is 16.4. The van der Waals surface area contributed by atoms with Gasteiger partial charge in [-0.2, -0.15) is 0 Å². The minimum atomic E-state index is -0.762. The Morgan fingerprint density at radius 3 is 2.90 bits per heavy atom. The SMILES string of the molecule is C#CCNCCCC(=O)O. The Morgan fingerprint density at radius 1 is 1.70 bits per heavy atom. The van der Waals surface area contributed by atoms with Gasteiger partial charge in [-0.05, 0) is 13.0 Å². The lowest BCUT2D eigenvalue weighted by molar-refractivity contribution is -0.137. The lowest BCUT2D eigenvalue weighted by Crippen LogP contribution is -2.16. The van der Waals surface area contributed by atoms with Crippen LogP contribution in [-0.4, -0.2) is 24.2 Å². The number of rotatable bonds is 5. The molecule has 10 heavy (non-hydrogen) atoms. The number of terminal acetylenes is 1. The molecule has 0 unspecified atom stereocenters. The van der Waals surface area contributed by atoms with Crippen LogP contribution in [-0.2, 0) is 4.79 Å². The molecule has 0 radical (unpaired) electrons. The van der Waals surface area contributed by atoms with Gasteiger partial charge in [0.15, 0.2) is 0 Å². The number of carbonyl (C=O) groups is 1. The molecule has 56 valence electrons. The van der Waals surface area contributed by atoms with E-state index in [0.717, 1.165) is 0 Å². The lowest BCUT2D eigenvalue weighted by atomic mass is 10.3. The zero-order chi connectivity index (χ0) is 7.82. The summed E-state index contributed by atoms with van der Waals surface area (Å²) in [5, 5.41) is 11.1. The Labute approximate surface area is 60.4 Å². The van der Waals surface area contributed by atoms with Gasteiger partial charge in [0.2, 0.25) is 0 Å². The van der Waals surface area contributed by atoms with E-state index >= 15 is 0 Å². The lowest BCUT2D eigenvalue weighted by Gasteiger charge is -1.96. The van der Waals surface area contributed by atoms with Crippen molar-refractivity contribution >= 4 is 5.97 Å². The number of aliphatic carboxylic acids is 1. The van der Waals surface area contributed by atoms with Crippen molar-refractivity contribution in [3.05, 3.63) is 0 Å². The van der Waals surface area contributed by atoms with Gasteiger partial charge in [-0.15, -0.1) is 6.42 Å². The van der Waals surface area contributed by atoms with Crippen molar-refractivity contribution in [3.8, 4) is 12.3 Å². The molecule has 0 saturated heterocycles. The molecule has 0 aromatic carbocycles. The van der Waals surface area contributed by atoms with Gasteiger partial charge in [0, 0.05) is 6.42 Å². The van der Waals surface area contributed by atoms with Crippen molar-refractivity contribution in [3.63, 3.8) is 0 Å². The normalized spacial score (nSPS) is 8.70. The van der Waals surface area contributed by atoms with Gasteiger partial charge in [0.25, 0.3) is 0 Å². The Kier molecular flexibility index (Phi) is 5.50. The van der Waals surface area contributed by atoms with Crippen molar-refractivity contribution in [2.45, 2.75) is 12.8 Å². The molecule has 0 aliphatic heterocycles. The maximum absolute atomic E-state index is 9.96. The minimum absolute atomic E-state index is 0.206. The molecule has 0 saturated carbocycles. The van der Waals surface area contributed by atoms with Gasteiger partial charge in [-0.25, -0.2) is 0 Å². The second-order valence-corrected chi connectivity index (χ2v) is 1.88. The van der Waals surface area contributed by atoms with E-state index in [0.29, 0.717) is 19.5 Å². The maximum atomic E-state index is 9.96. The standard InChI is InChI=1S/C7H11NO2/c1-2-5-8-6-3-4-7(9)10/h1,8H,3-6H2,(H,9,10). The van der Waals surface area contributed by atoms with Crippen LogP contribution in [0.25, 0.3) is 0 Å². The van der Waals surface area contributed by atoms with E-state index in [9.17, 15) is 4.79 Å². The zero-order valence-electron chi connectivity index (χ0n) is 5.76. The average molecular weight is 141 g/mol. The number of carboxylic acids is 1. The first-order valence-corrected chi connectivity index (χ1v) is 3.13. The topological polar surface area (TPSA) is 49.3 Å². The van der Waals surface area contributed by atoms with E-state index < -0.39 is 5.97 Å². The molecule has 0 spiro atoms. The van der Waals surface area contributed by atoms with Crippen molar-refractivity contribution in [2.24, 2.45) is 0 Å². The van der Waals surface area contributed by atoms with E-state index in [1.165, 1.54) is 0 Å². The fraction of sp³-hybridized carbons (Fsp3) is 0.571. The molecular formula is C7H11NO2. The molecule has 0 aliphatic carbocycles. The second-order valence-electron chi connectivity index (χ2n) is 1.88. The summed E-state index contributed by atoms with van der Waals surface area (Å²) in [6, 6.07) is 0. The summed E-state index contributed by atoms with van der Waals surface area (Å²) in [4.78, 5) is 9.96. The monoisotopic (exact) mass is 141 g/mol. The highest BCUT2D eigenvalue weighted by Crippen LogP contribution is 1.84. The minimum Gasteiger partial charge on any atom is -0.481 e. The smallest absolute Gasteiger partial charge is 0.303 e. The molecular weight excluding hydrogens is 130 g/mol. The summed E-state index contributed by atoms with van der Waals surface area (Å²) in [5.74, 6) is 1.64. The highest BCUT2D eigenvalue weighted by Gasteiger charge is 1.93. The van der Waals surface area contributed by atoms with Crippen LogP contribution in [0, 0.1) is 12.3 Å². The Morgan fingerprint density at radius 2 is 2.40 bits per heavy atom. The Bertz CT molecular complexity index is 137. The van der Waals surface area contributed by atoms with E-state index in [4.69, 9.17) is 11.5 Å². The zero-order valence-corrected chi connectivity index (χ0v) is 5.76. The van der Waals surface area contributed by atoms with Crippen LogP contribution in [0.4, 0.5) is 0 Å². The van der Waals surface area contributed by atoms with Crippen LogP contribution in [0.15, 0.2) is 0 Å². The fourth-order valence-corrected chi connectivity index (χ4v) is 0.525. The van der Waals surface area contributed by atoms with Crippen LogP contribution < -0.4 is 5.32 Å². The summed E-state index contributed by atoms with van der Waals surface area (Å²) in [6.45, 7) is 1.19. The van der Waals surface area contributed by atoms with Crippen LogP contribution in [0.5, 0.6) is 0 Å². The first kappa shape index (κ1) is 8.99. The number of nitrogens with one attached hydrogen (secondary N) is 1. The van der Waals surface area contributed by atoms with Crippen LogP contribution in [0.1, 0.15) is 12.8 Å². The molecule has 0 rings (SSSR count). The highest BCUT2D eigenvalue weighted by molar-refractivity contribution is 5.66. The van der Waals surface area contributed by atoms with Crippen molar-refractivity contribution in [2.75, 3.05) is 13.1 Å². The van der Waals surface area contributed by atoms with Crippen molar-refractivity contribution < 1.29 is 9.90 Å². The van der Waals surface area contributed by atoms with Crippen LogP contribution in [0.3, 0.4) is 0 Å². The molecule has 0 aromatic heterocycles. The average Bonchev–Trinajstić information content (AvgIpc) is 1.87. The molecule has 0 atom stereocenters. The van der Waals surface area contributed by atoms with Gasteiger partial charge in [0.05, 0.1) is 6.54 Å². The quantitative estimate of drug-likeness (QED) is 0.421. The van der Waals surface area contributed by atoms with Gasteiger partial charge < -0.3 is 10.4 Å². The molecule has 0 bridgehead atoms. The van der Waals surface area contributed by atoms with Crippen molar-refractivity contribution in [1.82, 2.24) is 5.32 Å². The Balaban J connectivity index is 2.92. The van der Waals surface area contributed by atoms with Gasteiger partial charge in [-0.1, -0.05) is 5.92 Å². The predicted molar refractivity (Wildman–Crippen MR) is 38.6 cm³/mol. The molecule has 0 aliphatic rings. The molecule has 0 heterocycles.